The number of hydrogen-bond acceptors (Lipinski definition) is 3. The molecule has 0 radical (unpaired) electrons. The molecule has 0 spiro atoms. The molecular formula is C16H9ClFN3O. The molecular weight excluding hydrogens is 305 g/mol. The van der Waals surface area contributed by atoms with Crippen molar-refractivity contribution < 1.29 is 9.13 Å². The van der Waals surface area contributed by atoms with Crippen LogP contribution in [0, 0.1) is 17.1 Å². The van der Waals surface area contributed by atoms with E-state index in [2.05, 4.69) is 10.2 Å². The molecule has 1 heterocycles. The van der Waals surface area contributed by atoms with Crippen molar-refractivity contribution in [3.05, 3.63) is 65.1 Å². The van der Waals surface area contributed by atoms with E-state index in [-0.39, 0.29) is 5.02 Å². The van der Waals surface area contributed by atoms with Crippen LogP contribution < -0.4 is 4.74 Å². The van der Waals surface area contributed by atoms with E-state index in [1.807, 2.05) is 6.07 Å². The van der Waals surface area contributed by atoms with Gasteiger partial charge < -0.3 is 4.74 Å². The van der Waals surface area contributed by atoms with Crippen molar-refractivity contribution in [2.45, 2.75) is 0 Å². The highest BCUT2D eigenvalue weighted by Gasteiger charge is 2.15. The fourth-order valence-electron chi connectivity index (χ4n) is 1.97. The molecule has 1 aromatic heterocycles. The molecule has 6 heteroatoms. The molecule has 0 aliphatic carbocycles. The Balaban J connectivity index is 1.95. The third-order valence-corrected chi connectivity index (χ3v) is 3.42. The number of halogens is 2. The lowest BCUT2D eigenvalue weighted by Gasteiger charge is -2.08. The first-order valence-electron chi connectivity index (χ1n) is 6.35. The van der Waals surface area contributed by atoms with Crippen LogP contribution >= 0.6 is 11.6 Å². The van der Waals surface area contributed by atoms with Gasteiger partial charge in [0.1, 0.15) is 17.3 Å². The van der Waals surface area contributed by atoms with Crippen LogP contribution in [-0.2, 0) is 0 Å². The van der Waals surface area contributed by atoms with E-state index in [4.69, 9.17) is 21.6 Å². The Morgan fingerprint density at radius 2 is 1.95 bits per heavy atom. The summed E-state index contributed by atoms with van der Waals surface area (Å²) in [6.07, 6.45) is 1.48. The summed E-state index contributed by atoms with van der Waals surface area (Å²) >= 11 is 5.98. The van der Waals surface area contributed by atoms with E-state index in [0.717, 1.165) is 0 Å². The van der Waals surface area contributed by atoms with Gasteiger partial charge in [-0.25, -0.2) is 4.39 Å². The van der Waals surface area contributed by atoms with Crippen LogP contribution in [0.3, 0.4) is 0 Å². The molecule has 108 valence electrons. The molecule has 22 heavy (non-hydrogen) atoms. The molecule has 0 aliphatic rings. The maximum absolute atomic E-state index is 13.6. The summed E-state index contributed by atoms with van der Waals surface area (Å²) in [4.78, 5) is 0. The third-order valence-electron chi connectivity index (χ3n) is 3.04. The predicted molar refractivity (Wildman–Crippen MR) is 80.2 cm³/mol. The van der Waals surface area contributed by atoms with Crippen LogP contribution in [0.25, 0.3) is 11.3 Å². The van der Waals surface area contributed by atoms with Crippen molar-refractivity contribution >= 4 is 11.6 Å². The number of nitriles is 1. The van der Waals surface area contributed by atoms with E-state index >= 15 is 0 Å². The quantitative estimate of drug-likeness (QED) is 0.772. The maximum atomic E-state index is 13.6. The molecule has 0 amide bonds. The van der Waals surface area contributed by atoms with Gasteiger partial charge in [-0.3, -0.25) is 5.10 Å². The van der Waals surface area contributed by atoms with E-state index < -0.39 is 5.82 Å². The van der Waals surface area contributed by atoms with E-state index in [0.29, 0.717) is 28.3 Å². The van der Waals surface area contributed by atoms with Gasteiger partial charge in [-0.2, -0.15) is 10.4 Å². The van der Waals surface area contributed by atoms with Crippen molar-refractivity contribution in [3.63, 3.8) is 0 Å². The van der Waals surface area contributed by atoms with Crippen molar-refractivity contribution in [1.82, 2.24) is 10.2 Å². The first-order valence-corrected chi connectivity index (χ1v) is 6.72. The number of ether oxygens (including phenoxy) is 1. The third kappa shape index (κ3) is 2.65. The Morgan fingerprint density at radius 3 is 2.68 bits per heavy atom. The standard InChI is InChI=1S/C16H9ClFN3O/c17-15-12(2-1-3-13(15)18)16-14(9-20-21-16)22-11-6-4-10(8-19)5-7-11/h1-7,9H,(H,20,21). The Labute approximate surface area is 130 Å². The highest BCUT2D eigenvalue weighted by molar-refractivity contribution is 6.33. The summed E-state index contributed by atoms with van der Waals surface area (Å²) in [5, 5.41) is 15.4. The molecule has 0 unspecified atom stereocenters. The lowest BCUT2D eigenvalue weighted by molar-refractivity contribution is 0.484. The van der Waals surface area contributed by atoms with Crippen molar-refractivity contribution in [1.29, 1.82) is 5.26 Å². The van der Waals surface area contributed by atoms with Crippen LogP contribution in [-0.4, -0.2) is 10.2 Å². The largest absolute Gasteiger partial charge is 0.453 e. The smallest absolute Gasteiger partial charge is 0.173 e. The number of aromatic nitrogens is 2. The maximum Gasteiger partial charge on any atom is 0.173 e. The van der Waals surface area contributed by atoms with Gasteiger partial charge in [0.2, 0.25) is 0 Å². The molecule has 3 aromatic rings. The molecule has 0 aliphatic heterocycles. The van der Waals surface area contributed by atoms with Gasteiger partial charge in [-0.05, 0) is 30.3 Å². The monoisotopic (exact) mass is 313 g/mol. The summed E-state index contributed by atoms with van der Waals surface area (Å²) in [5.74, 6) is 0.435. The molecule has 0 atom stereocenters. The molecule has 4 nitrogen and oxygen atoms in total. The summed E-state index contributed by atoms with van der Waals surface area (Å²) < 4.78 is 19.3. The Kier molecular flexibility index (Phi) is 3.77. The molecule has 0 fully saturated rings. The molecule has 0 bridgehead atoms. The molecule has 0 saturated carbocycles. The van der Waals surface area contributed by atoms with E-state index in [9.17, 15) is 4.39 Å². The number of rotatable bonds is 3. The Morgan fingerprint density at radius 1 is 1.18 bits per heavy atom. The zero-order valence-corrected chi connectivity index (χ0v) is 11.9. The minimum Gasteiger partial charge on any atom is -0.453 e. The normalized spacial score (nSPS) is 10.2. The lowest BCUT2D eigenvalue weighted by Crippen LogP contribution is -1.89. The SMILES string of the molecule is N#Cc1ccc(Oc2cn[nH]c2-c2cccc(F)c2Cl)cc1. The summed E-state index contributed by atoms with van der Waals surface area (Å²) in [6, 6.07) is 13.2. The second-order valence-corrected chi connectivity index (χ2v) is 4.83. The van der Waals surface area contributed by atoms with Gasteiger partial charge >= 0.3 is 0 Å². The number of aromatic amines is 1. The Bertz CT molecular complexity index is 853. The number of H-pyrrole nitrogens is 1. The first-order chi connectivity index (χ1) is 10.7. The minimum absolute atomic E-state index is 0.00331. The average molecular weight is 314 g/mol. The predicted octanol–water partition coefficient (Wildman–Crippen LogP) is 4.53. The van der Waals surface area contributed by atoms with Gasteiger partial charge in [0, 0.05) is 5.56 Å². The second-order valence-electron chi connectivity index (χ2n) is 4.45. The Hall–Kier alpha value is -2.84. The van der Waals surface area contributed by atoms with Crippen LogP contribution in [0.2, 0.25) is 5.02 Å². The first kappa shape index (κ1) is 14.1. The van der Waals surface area contributed by atoms with E-state index in [1.54, 1.807) is 36.4 Å². The summed E-state index contributed by atoms with van der Waals surface area (Å²) in [5.41, 5.74) is 1.48. The van der Waals surface area contributed by atoms with Crippen molar-refractivity contribution in [2.24, 2.45) is 0 Å². The van der Waals surface area contributed by atoms with E-state index in [1.165, 1.54) is 12.3 Å². The topological polar surface area (TPSA) is 61.7 Å². The molecule has 3 rings (SSSR count). The average Bonchev–Trinajstić information content (AvgIpc) is 2.99. The second kappa shape index (κ2) is 5.88. The fraction of sp³-hybridized carbons (Fsp3) is 0. The highest BCUT2D eigenvalue weighted by Crippen LogP contribution is 2.36. The van der Waals surface area contributed by atoms with Gasteiger partial charge in [0.05, 0.1) is 22.9 Å². The highest BCUT2D eigenvalue weighted by atomic mass is 35.5. The molecule has 2 aromatic carbocycles. The number of hydrogen-bond donors (Lipinski definition) is 1. The van der Waals surface area contributed by atoms with Gasteiger partial charge in [0.25, 0.3) is 0 Å². The zero-order valence-electron chi connectivity index (χ0n) is 11.2. The van der Waals surface area contributed by atoms with Gasteiger partial charge in [-0.1, -0.05) is 23.7 Å². The van der Waals surface area contributed by atoms with Gasteiger partial charge in [-0.15, -0.1) is 0 Å². The van der Waals surface area contributed by atoms with Crippen LogP contribution in [0.4, 0.5) is 4.39 Å². The summed E-state index contributed by atoms with van der Waals surface area (Å²) in [6.45, 7) is 0. The minimum atomic E-state index is -0.516. The zero-order chi connectivity index (χ0) is 15.5. The molecule has 0 saturated heterocycles. The number of nitrogens with one attached hydrogen (secondary N) is 1. The van der Waals surface area contributed by atoms with Crippen LogP contribution in [0.1, 0.15) is 5.56 Å². The fourth-order valence-corrected chi connectivity index (χ4v) is 2.19. The van der Waals surface area contributed by atoms with Crippen molar-refractivity contribution in [3.8, 4) is 28.8 Å². The van der Waals surface area contributed by atoms with Crippen molar-refractivity contribution in [2.75, 3.05) is 0 Å². The molecule has 1 N–H and O–H groups in total. The van der Waals surface area contributed by atoms with Crippen LogP contribution in [0.5, 0.6) is 11.5 Å². The number of benzene rings is 2. The summed E-state index contributed by atoms with van der Waals surface area (Å²) in [7, 11) is 0. The van der Waals surface area contributed by atoms with Crippen LogP contribution in [0.15, 0.2) is 48.7 Å². The number of nitrogens with zero attached hydrogens (tertiary/aromatic N) is 2. The van der Waals surface area contributed by atoms with Gasteiger partial charge in [0.15, 0.2) is 5.75 Å². The lowest BCUT2D eigenvalue weighted by atomic mass is 10.1.